The molecule has 0 aromatic carbocycles. The lowest BCUT2D eigenvalue weighted by Crippen LogP contribution is -2.32. The molecular weight excluding hydrogens is 312 g/mol. The van der Waals surface area contributed by atoms with E-state index in [0.717, 1.165) is 0 Å². The van der Waals surface area contributed by atoms with E-state index < -0.39 is 0 Å². The summed E-state index contributed by atoms with van der Waals surface area (Å²) in [6, 6.07) is 4.31. The molecule has 0 radical (unpaired) electrons. The van der Waals surface area contributed by atoms with E-state index in [9.17, 15) is 0 Å². The van der Waals surface area contributed by atoms with Crippen LogP contribution < -0.4 is 4.57 Å². The molecular formula is C21H36N2S. The van der Waals surface area contributed by atoms with Gasteiger partial charge < -0.3 is 12.6 Å². The second kappa shape index (κ2) is 18.2. The molecule has 1 heterocycles. The molecule has 0 aliphatic carbocycles. The average molecular weight is 349 g/mol. The van der Waals surface area contributed by atoms with E-state index >= 15 is 0 Å². The summed E-state index contributed by atoms with van der Waals surface area (Å²) in [4.78, 5) is 0. The van der Waals surface area contributed by atoms with Crippen molar-refractivity contribution in [3.8, 4) is 5.40 Å². The van der Waals surface area contributed by atoms with Gasteiger partial charge in [0.15, 0.2) is 12.4 Å². The van der Waals surface area contributed by atoms with Crippen LogP contribution in [0.5, 0.6) is 0 Å². The number of hydrogen-bond donors (Lipinski definition) is 0. The van der Waals surface area contributed by atoms with E-state index in [0.29, 0.717) is 0 Å². The fourth-order valence-corrected chi connectivity index (χ4v) is 2.93. The van der Waals surface area contributed by atoms with Crippen molar-refractivity contribution in [1.29, 1.82) is 5.26 Å². The Kier molecular flexibility index (Phi) is 17.3. The van der Waals surface area contributed by atoms with Crippen LogP contribution in [0.1, 0.15) is 89.5 Å². The summed E-state index contributed by atoms with van der Waals surface area (Å²) in [5, 5.41) is 8.47. The molecule has 0 saturated heterocycles. The zero-order chi connectivity index (χ0) is 17.9. The minimum absolute atomic E-state index is 1.18. The number of rotatable bonds is 13. The van der Waals surface area contributed by atoms with Gasteiger partial charge in [-0.05, 0) is 19.4 Å². The quantitative estimate of drug-likeness (QED) is 0.189. The number of aryl methyl sites for hydroxylation is 2. The maximum atomic E-state index is 7.13. The minimum Gasteiger partial charge on any atom is -0.696 e. The molecule has 136 valence electrons. The molecule has 2 nitrogen and oxygen atoms in total. The summed E-state index contributed by atoms with van der Waals surface area (Å²) in [5.41, 5.74) is 1.36. The summed E-state index contributed by atoms with van der Waals surface area (Å²) >= 11 is 3.70. The van der Waals surface area contributed by atoms with Crippen molar-refractivity contribution in [2.45, 2.75) is 97.4 Å². The van der Waals surface area contributed by atoms with Gasteiger partial charge >= 0.3 is 0 Å². The lowest BCUT2D eigenvalue weighted by molar-refractivity contribution is -0.697. The van der Waals surface area contributed by atoms with Gasteiger partial charge in [-0.3, -0.25) is 0 Å². The second-order valence-electron chi connectivity index (χ2n) is 6.60. The molecule has 0 aliphatic heterocycles. The van der Waals surface area contributed by atoms with Crippen LogP contribution in [0.15, 0.2) is 24.5 Å². The zero-order valence-electron chi connectivity index (χ0n) is 15.8. The highest BCUT2D eigenvalue weighted by atomic mass is 32.1. The van der Waals surface area contributed by atoms with Gasteiger partial charge in [0, 0.05) is 18.1 Å². The van der Waals surface area contributed by atoms with Gasteiger partial charge in [0.05, 0.1) is 0 Å². The van der Waals surface area contributed by atoms with Crippen LogP contribution in [0.2, 0.25) is 0 Å². The molecule has 24 heavy (non-hydrogen) atoms. The molecule has 3 heteroatoms. The number of thiocyanates is 1. The molecule has 1 aromatic rings. The third-order valence-corrected chi connectivity index (χ3v) is 4.28. The van der Waals surface area contributed by atoms with E-state index in [1.165, 1.54) is 94.6 Å². The molecule has 0 unspecified atom stereocenters. The van der Waals surface area contributed by atoms with Gasteiger partial charge in [-0.15, -0.1) is 0 Å². The van der Waals surface area contributed by atoms with Crippen molar-refractivity contribution in [1.82, 2.24) is 0 Å². The zero-order valence-corrected chi connectivity index (χ0v) is 16.6. The standard InChI is InChI=1S/C20H36N.CHNS/c1-3-4-5-6-7-8-9-10-11-12-13-14-17-21-18-15-16-20(2)19-21;2-1-3/h15-16,18-19H,3-14,17H2,1-2H3;3H/q+1;/p-1. The third-order valence-electron chi connectivity index (χ3n) is 4.28. The Balaban J connectivity index is 0.00000163. The van der Waals surface area contributed by atoms with E-state index in [-0.39, 0.29) is 0 Å². The van der Waals surface area contributed by atoms with Crippen LogP contribution in [0.4, 0.5) is 0 Å². The first kappa shape index (κ1) is 22.9. The van der Waals surface area contributed by atoms with E-state index in [1.807, 2.05) is 0 Å². The van der Waals surface area contributed by atoms with Crippen LogP contribution in [0.25, 0.3) is 0 Å². The smallest absolute Gasteiger partial charge is 0.171 e. The Hall–Kier alpha value is -1.14. The highest BCUT2D eigenvalue weighted by molar-refractivity contribution is 7.64. The molecule has 0 N–H and O–H groups in total. The molecule has 0 atom stereocenters. The molecule has 0 amide bonds. The summed E-state index contributed by atoms with van der Waals surface area (Å²) in [5.74, 6) is 0. The van der Waals surface area contributed by atoms with Crippen molar-refractivity contribution in [2.75, 3.05) is 0 Å². The summed E-state index contributed by atoms with van der Waals surface area (Å²) in [7, 11) is 0. The average Bonchev–Trinajstić information content (AvgIpc) is 2.57. The summed E-state index contributed by atoms with van der Waals surface area (Å²) < 4.78 is 2.33. The largest absolute Gasteiger partial charge is 0.696 e. The number of pyridine rings is 1. The third kappa shape index (κ3) is 15.7. The normalized spacial score (nSPS) is 9.88. The molecule has 0 saturated carbocycles. The van der Waals surface area contributed by atoms with Crippen molar-refractivity contribution in [3.05, 3.63) is 30.1 Å². The number of nitriles is 1. The number of hydrogen-bond acceptors (Lipinski definition) is 2. The van der Waals surface area contributed by atoms with Crippen LogP contribution in [-0.4, -0.2) is 0 Å². The van der Waals surface area contributed by atoms with Crippen LogP contribution in [0.3, 0.4) is 0 Å². The summed E-state index contributed by atoms with van der Waals surface area (Å²) in [6.07, 6.45) is 21.5. The monoisotopic (exact) mass is 348 g/mol. The van der Waals surface area contributed by atoms with Crippen molar-refractivity contribution < 1.29 is 4.57 Å². The Labute approximate surface area is 155 Å². The first-order chi connectivity index (χ1) is 11.7. The van der Waals surface area contributed by atoms with E-state index in [1.54, 1.807) is 0 Å². The lowest BCUT2D eigenvalue weighted by Gasteiger charge is -2.02. The first-order valence-corrected chi connectivity index (χ1v) is 10.1. The highest BCUT2D eigenvalue weighted by Gasteiger charge is 1.99. The van der Waals surface area contributed by atoms with E-state index in [2.05, 4.69) is 55.6 Å². The second-order valence-corrected chi connectivity index (χ2v) is 6.78. The molecule has 0 fully saturated rings. The van der Waals surface area contributed by atoms with Gasteiger partial charge in [-0.25, -0.2) is 9.83 Å². The highest BCUT2D eigenvalue weighted by Crippen LogP contribution is 2.11. The molecule has 0 bridgehead atoms. The molecule has 0 spiro atoms. The Morgan fingerprint density at radius 1 is 0.917 bits per heavy atom. The van der Waals surface area contributed by atoms with Gasteiger partial charge in [0.1, 0.15) is 6.54 Å². The predicted octanol–water partition coefficient (Wildman–Crippen LogP) is 6.00. The predicted molar refractivity (Wildman–Crippen MR) is 105 cm³/mol. The van der Waals surface area contributed by atoms with Gasteiger partial charge in [-0.2, -0.15) is 0 Å². The Bertz CT molecular complexity index is 426. The maximum absolute atomic E-state index is 7.13. The maximum Gasteiger partial charge on any atom is 0.171 e. The van der Waals surface area contributed by atoms with Crippen LogP contribution in [0, 0.1) is 17.6 Å². The molecule has 1 aromatic heterocycles. The van der Waals surface area contributed by atoms with Crippen molar-refractivity contribution >= 4 is 12.6 Å². The van der Waals surface area contributed by atoms with Crippen molar-refractivity contribution in [2.24, 2.45) is 0 Å². The number of unbranched alkanes of at least 4 members (excludes halogenated alkanes) is 11. The summed E-state index contributed by atoms with van der Waals surface area (Å²) in [6.45, 7) is 5.63. The fraction of sp³-hybridized carbons (Fsp3) is 0.714. The SMILES string of the molecule is CCCCCCCCCCCCCC[n+]1cccc(C)c1.N#C[S-]. The van der Waals surface area contributed by atoms with Crippen LogP contribution >= 0.6 is 0 Å². The molecule has 0 aliphatic rings. The number of aromatic nitrogens is 1. The lowest BCUT2D eigenvalue weighted by atomic mass is 10.1. The van der Waals surface area contributed by atoms with Crippen LogP contribution in [-0.2, 0) is 19.2 Å². The topological polar surface area (TPSA) is 27.7 Å². The fourth-order valence-electron chi connectivity index (χ4n) is 2.93. The number of nitrogens with zero attached hydrogens (tertiary/aromatic N) is 2. The van der Waals surface area contributed by atoms with Crippen molar-refractivity contribution in [3.63, 3.8) is 0 Å². The van der Waals surface area contributed by atoms with E-state index in [4.69, 9.17) is 5.26 Å². The van der Waals surface area contributed by atoms with Gasteiger partial charge in [0.25, 0.3) is 0 Å². The van der Waals surface area contributed by atoms with Gasteiger partial charge in [0.2, 0.25) is 0 Å². The molecule has 1 rings (SSSR count). The Morgan fingerprint density at radius 2 is 1.38 bits per heavy atom. The first-order valence-electron chi connectivity index (χ1n) is 9.71. The van der Waals surface area contributed by atoms with Gasteiger partial charge in [-0.1, -0.05) is 76.5 Å². The Morgan fingerprint density at radius 3 is 1.83 bits per heavy atom. The minimum atomic E-state index is 1.18.